The number of hydrogen-bond acceptors (Lipinski definition) is 2. The normalized spacial score (nSPS) is 23.9. The second-order valence-electron chi connectivity index (χ2n) is 5.58. The van der Waals surface area contributed by atoms with E-state index >= 15 is 0 Å². The molecule has 0 spiro atoms. The first-order valence-electron chi connectivity index (χ1n) is 6.69. The van der Waals surface area contributed by atoms with E-state index in [2.05, 4.69) is 12.2 Å². The highest BCUT2D eigenvalue weighted by Crippen LogP contribution is 2.60. The molecule has 3 N–H and O–H groups in total. The van der Waals surface area contributed by atoms with Gasteiger partial charge >= 0.3 is 0 Å². The summed E-state index contributed by atoms with van der Waals surface area (Å²) in [5.41, 5.74) is 6.13. The van der Waals surface area contributed by atoms with Crippen LogP contribution in [0.1, 0.15) is 45.4 Å². The molecule has 2 fully saturated rings. The molecular formula is C13H24N2O. The number of amides is 1. The molecule has 0 saturated heterocycles. The Hall–Kier alpha value is -0.570. The average Bonchev–Trinajstić information content (AvgIpc) is 3.15. The predicted molar refractivity (Wildman–Crippen MR) is 64.9 cm³/mol. The molecule has 3 heteroatoms. The first-order chi connectivity index (χ1) is 7.72. The van der Waals surface area contributed by atoms with Crippen molar-refractivity contribution in [3.05, 3.63) is 0 Å². The Kier molecular flexibility index (Phi) is 3.53. The Labute approximate surface area is 98.2 Å². The lowest BCUT2D eigenvalue weighted by Gasteiger charge is -2.18. The summed E-state index contributed by atoms with van der Waals surface area (Å²) in [6.07, 6.45) is 7.34. The number of carbonyl (C=O) groups is 1. The van der Waals surface area contributed by atoms with Gasteiger partial charge in [-0.3, -0.25) is 4.79 Å². The van der Waals surface area contributed by atoms with Gasteiger partial charge in [-0.25, -0.2) is 0 Å². The van der Waals surface area contributed by atoms with E-state index in [-0.39, 0.29) is 11.8 Å². The van der Waals surface area contributed by atoms with Gasteiger partial charge in [-0.15, -0.1) is 0 Å². The third kappa shape index (κ3) is 2.57. The smallest absolute Gasteiger partial charge is 0.224 e. The van der Waals surface area contributed by atoms with Crippen LogP contribution in [0, 0.1) is 17.3 Å². The fourth-order valence-electron chi connectivity index (χ4n) is 2.70. The molecule has 0 bridgehead atoms. The molecule has 92 valence electrons. The first-order valence-corrected chi connectivity index (χ1v) is 6.69. The highest BCUT2D eigenvalue weighted by atomic mass is 16.1. The van der Waals surface area contributed by atoms with Gasteiger partial charge < -0.3 is 11.1 Å². The maximum absolute atomic E-state index is 11.9. The minimum Gasteiger partial charge on any atom is -0.355 e. The van der Waals surface area contributed by atoms with Crippen LogP contribution in [0.3, 0.4) is 0 Å². The number of rotatable bonds is 7. The largest absolute Gasteiger partial charge is 0.355 e. The molecule has 2 aliphatic rings. The van der Waals surface area contributed by atoms with E-state index in [1.165, 1.54) is 25.7 Å². The Morgan fingerprint density at radius 2 is 2.19 bits per heavy atom. The Balaban J connectivity index is 1.74. The van der Waals surface area contributed by atoms with E-state index in [4.69, 9.17) is 5.73 Å². The molecule has 0 radical (unpaired) electrons. The van der Waals surface area contributed by atoms with E-state index in [1.807, 2.05) is 0 Å². The molecule has 2 rings (SSSR count). The van der Waals surface area contributed by atoms with Crippen molar-refractivity contribution in [1.82, 2.24) is 5.32 Å². The van der Waals surface area contributed by atoms with Crippen LogP contribution < -0.4 is 11.1 Å². The van der Waals surface area contributed by atoms with Crippen molar-refractivity contribution < 1.29 is 4.79 Å². The summed E-state index contributed by atoms with van der Waals surface area (Å²) in [6, 6.07) is 0. The van der Waals surface area contributed by atoms with Crippen molar-refractivity contribution in [1.29, 1.82) is 0 Å². The predicted octanol–water partition coefficient (Wildman–Crippen LogP) is 1.67. The van der Waals surface area contributed by atoms with Crippen LogP contribution in [0.5, 0.6) is 0 Å². The average molecular weight is 224 g/mol. The van der Waals surface area contributed by atoms with Crippen LogP contribution in [0.2, 0.25) is 0 Å². The van der Waals surface area contributed by atoms with Gasteiger partial charge in [0.2, 0.25) is 5.91 Å². The molecule has 0 aromatic heterocycles. The summed E-state index contributed by atoms with van der Waals surface area (Å²) in [5.74, 6) is 1.12. The third-order valence-electron chi connectivity index (χ3n) is 4.24. The zero-order valence-electron chi connectivity index (χ0n) is 10.3. The van der Waals surface area contributed by atoms with Gasteiger partial charge in [-0.2, -0.15) is 0 Å². The summed E-state index contributed by atoms with van der Waals surface area (Å²) in [7, 11) is 0. The van der Waals surface area contributed by atoms with Gasteiger partial charge in [0.15, 0.2) is 0 Å². The maximum Gasteiger partial charge on any atom is 0.224 e. The second kappa shape index (κ2) is 4.74. The number of nitrogens with two attached hydrogens (primary N) is 1. The van der Waals surface area contributed by atoms with Gasteiger partial charge in [0.25, 0.3) is 0 Å². The van der Waals surface area contributed by atoms with E-state index in [0.29, 0.717) is 12.0 Å². The summed E-state index contributed by atoms with van der Waals surface area (Å²) < 4.78 is 0. The highest BCUT2D eigenvalue weighted by molar-refractivity contribution is 5.78. The van der Waals surface area contributed by atoms with E-state index in [9.17, 15) is 4.79 Å². The van der Waals surface area contributed by atoms with Crippen molar-refractivity contribution in [3.8, 4) is 0 Å². The van der Waals surface area contributed by atoms with Crippen LogP contribution in [0.25, 0.3) is 0 Å². The van der Waals surface area contributed by atoms with E-state index in [0.717, 1.165) is 25.3 Å². The van der Waals surface area contributed by atoms with Crippen LogP contribution in [0.15, 0.2) is 0 Å². The molecule has 2 saturated carbocycles. The molecule has 0 aliphatic heterocycles. The molecule has 0 aromatic rings. The molecule has 1 atom stereocenters. The van der Waals surface area contributed by atoms with Crippen molar-refractivity contribution in [3.63, 3.8) is 0 Å². The summed E-state index contributed by atoms with van der Waals surface area (Å²) in [5, 5.41) is 3.12. The van der Waals surface area contributed by atoms with E-state index in [1.54, 1.807) is 0 Å². The zero-order chi connectivity index (χ0) is 11.6. The minimum atomic E-state index is 0.0278. The zero-order valence-corrected chi connectivity index (χ0v) is 10.3. The fourth-order valence-corrected chi connectivity index (χ4v) is 2.70. The van der Waals surface area contributed by atoms with Gasteiger partial charge in [-0.05, 0) is 43.4 Å². The maximum atomic E-state index is 11.9. The fraction of sp³-hybridized carbons (Fsp3) is 0.923. The Bertz CT molecular complexity index is 257. The van der Waals surface area contributed by atoms with Gasteiger partial charge in [0.1, 0.15) is 0 Å². The number of carbonyl (C=O) groups excluding carboxylic acids is 1. The van der Waals surface area contributed by atoms with Crippen LogP contribution in [-0.2, 0) is 4.79 Å². The number of hydrogen-bond donors (Lipinski definition) is 2. The topological polar surface area (TPSA) is 55.1 Å². The van der Waals surface area contributed by atoms with Crippen molar-refractivity contribution in [2.45, 2.75) is 45.4 Å². The summed E-state index contributed by atoms with van der Waals surface area (Å²) in [4.78, 5) is 11.9. The number of nitrogens with one attached hydrogen (secondary N) is 1. The lowest BCUT2D eigenvalue weighted by molar-refractivity contribution is -0.125. The SMILES string of the molecule is CCCC(CN)C(=O)NCC1(C2CC2)CC1. The molecular weight excluding hydrogens is 200 g/mol. The standard InChI is InChI=1S/C13H24N2O/c1-2-3-10(8-14)12(16)15-9-13(6-7-13)11-4-5-11/h10-11H,2-9,14H2,1H3,(H,15,16). The van der Waals surface area contributed by atoms with Gasteiger partial charge in [0.05, 0.1) is 5.92 Å². The van der Waals surface area contributed by atoms with Gasteiger partial charge in [0, 0.05) is 13.1 Å². The van der Waals surface area contributed by atoms with Crippen LogP contribution >= 0.6 is 0 Å². The molecule has 2 aliphatic carbocycles. The lowest BCUT2D eigenvalue weighted by Crippen LogP contribution is -2.38. The third-order valence-corrected chi connectivity index (χ3v) is 4.24. The minimum absolute atomic E-state index is 0.0278. The van der Waals surface area contributed by atoms with E-state index < -0.39 is 0 Å². The first kappa shape index (κ1) is 11.9. The Morgan fingerprint density at radius 3 is 2.62 bits per heavy atom. The second-order valence-corrected chi connectivity index (χ2v) is 5.58. The van der Waals surface area contributed by atoms with Crippen molar-refractivity contribution in [2.24, 2.45) is 23.0 Å². The monoisotopic (exact) mass is 224 g/mol. The molecule has 3 nitrogen and oxygen atoms in total. The van der Waals surface area contributed by atoms with Gasteiger partial charge in [-0.1, -0.05) is 13.3 Å². The van der Waals surface area contributed by atoms with Crippen LogP contribution in [-0.4, -0.2) is 19.0 Å². The summed E-state index contributed by atoms with van der Waals surface area (Å²) in [6.45, 7) is 3.48. The van der Waals surface area contributed by atoms with Crippen molar-refractivity contribution >= 4 is 5.91 Å². The molecule has 0 heterocycles. The summed E-state index contributed by atoms with van der Waals surface area (Å²) >= 11 is 0. The quantitative estimate of drug-likeness (QED) is 0.691. The highest BCUT2D eigenvalue weighted by Gasteiger charge is 2.53. The molecule has 1 amide bonds. The molecule has 16 heavy (non-hydrogen) atoms. The molecule has 0 aromatic carbocycles. The van der Waals surface area contributed by atoms with Crippen molar-refractivity contribution in [2.75, 3.05) is 13.1 Å². The lowest BCUT2D eigenvalue weighted by atomic mass is 9.99. The van der Waals surface area contributed by atoms with Crippen LogP contribution in [0.4, 0.5) is 0 Å². The molecule has 1 unspecified atom stereocenters. The Morgan fingerprint density at radius 1 is 1.50 bits per heavy atom.